The number of carbonyl (C=O) groups excluding carboxylic acids is 2. The molecule has 128 valence electrons. The summed E-state index contributed by atoms with van der Waals surface area (Å²) in [5.41, 5.74) is 13.9. The number of nitrogens with two attached hydrogens (primary N) is 2. The lowest BCUT2D eigenvalue weighted by Crippen LogP contribution is -2.21. The molecule has 4 rings (SSSR count). The number of primary amides is 2. The Hall–Kier alpha value is -3.80. The van der Waals surface area contributed by atoms with Gasteiger partial charge in [0.05, 0.1) is 22.5 Å². The fourth-order valence-electron chi connectivity index (χ4n) is 3.20. The Morgan fingerprint density at radius 1 is 0.654 bits per heavy atom. The lowest BCUT2D eigenvalue weighted by molar-refractivity contribution is -0.114. The number of nitrogens with one attached hydrogen (secondary N) is 2. The molecule has 0 fully saturated rings. The van der Waals surface area contributed by atoms with Crippen LogP contribution in [0, 0.1) is 0 Å². The molecule has 2 amide bonds. The summed E-state index contributed by atoms with van der Waals surface area (Å²) in [7, 11) is 0. The molecule has 0 aliphatic carbocycles. The van der Waals surface area contributed by atoms with Gasteiger partial charge in [0, 0.05) is 21.8 Å². The Balaban J connectivity index is 2.01. The maximum Gasteiger partial charge on any atom is 0.251 e. The second-order valence-electron chi connectivity index (χ2n) is 6.02. The molecule has 6 nitrogen and oxygen atoms in total. The van der Waals surface area contributed by atoms with E-state index in [-0.39, 0.29) is 11.1 Å². The number of rotatable bonds is 4. The number of para-hydroxylation sites is 2. The number of H-pyrrole nitrogens is 2. The summed E-state index contributed by atoms with van der Waals surface area (Å²) >= 11 is 0. The topological polar surface area (TPSA) is 118 Å². The standard InChI is InChI=1S/C20H16N4O2/c21-19(25)17(15-9-11-5-1-3-7-13(11)23-15)18(20(22)26)16-10-12-6-2-4-8-14(12)24-16/h1-10,23-24H,(H2,21,25)(H2,22,26)/b18-17-. The van der Waals surface area contributed by atoms with Crippen LogP contribution in [0.3, 0.4) is 0 Å². The Morgan fingerprint density at radius 2 is 1.04 bits per heavy atom. The summed E-state index contributed by atoms with van der Waals surface area (Å²) in [5, 5.41) is 1.81. The van der Waals surface area contributed by atoms with Gasteiger partial charge < -0.3 is 21.4 Å². The largest absolute Gasteiger partial charge is 0.366 e. The van der Waals surface area contributed by atoms with E-state index in [1.807, 2.05) is 48.5 Å². The van der Waals surface area contributed by atoms with E-state index < -0.39 is 11.8 Å². The second-order valence-corrected chi connectivity index (χ2v) is 6.02. The summed E-state index contributed by atoms with van der Waals surface area (Å²) < 4.78 is 0. The van der Waals surface area contributed by atoms with Crippen molar-refractivity contribution < 1.29 is 9.59 Å². The third-order valence-corrected chi connectivity index (χ3v) is 4.34. The van der Waals surface area contributed by atoms with Crippen LogP contribution in [0.15, 0.2) is 60.7 Å². The minimum absolute atomic E-state index is 0.0558. The number of aromatic amines is 2. The van der Waals surface area contributed by atoms with Gasteiger partial charge in [0.2, 0.25) is 0 Å². The van der Waals surface area contributed by atoms with Crippen molar-refractivity contribution >= 4 is 44.8 Å². The van der Waals surface area contributed by atoms with Crippen molar-refractivity contribution in [3.63, 3.8) is 0 Å². The van der Waals surface area contributed by atoms with Crippen LogP contribution in [0.25, 0.3) is 33.0 Å². The van der Waals surface area contributed by atoms with Crippen molar-refractivity contribution in [2.75, 3.05) is 0 Å². The van der Waals surface area contributed by atoms with Gasteiger partial charge in [-0.05, 0) is 24.3 Å². The number of amides is 2. The third kappa shape index (κ3) is 2.53. The van der Waals surface area contributed by atoms with Crippen LogP contribution in [-0.4, -0.2) is 21.8 Å². The quantitative estimate of drug-likeness (QED) is 0.426. The Bertz CT molecular complexity index is 1040. The predicted molar refractivity (Wildman–Crippen MR) is 102 cm³/mol. The van der Waals surface area contributed by atoms with Crippen molar-refractivity contribution in [1.82, 2.24) is 9.97 Å². The highest BCUT2D eigenvalue weighted by Crippen LogP contribution is 2.29. The van der Waals surface area contributed by atoms with E-state index in [2.05, 4.69) is 9.97 Å². The van der Waals surface area contributed by atoms with Crippen LogP contribution < -0.4 is 11.5 Å². The van der Waals surface area contributed by atoms with E-state index in [0.717, 1.165) is 21.8 Å². The molecule has 2 heterocycles. The second kappa shape index (κ2) is 5.93. The molecule has 4 aromatic rings. The molecule has 2 aromatic carbocycles. The predicted octanol–water partition coefficient (Wildman–Crippen LogP) is 2.53. The summed E-state index contributed by atoms with van der Waals surface area (Å²) in [5.74, 6) is -1.46. The van der Waals surface area contributed by atoms with Gasteiger partial charge in [-0.25, -0.2) is 0 Å². The fraction of sp³-hybridized carbons (Fsp3) is 0. The van der Waals surface area contributed by atoms with Crippen LogP contribution in [0.5, 0.6) is 0 Å². The minimum Gasteiger partial charge on any atom is -0.366 e. The van der Waals surface area contributed by atoms with E-state index in [0.29, 0.717) is 11.4 Å². The van der Waals surface area contributed by atoms with Gasteiger partial charge >= 0.3 is 0 Å². The molecule has 0 saturated carbocycles. The number of hydrogen-bond donors (Lipinski definition) is 4. The SMILES string of the molecule is NC(=O)/C(=C(\C(N)=O)c1cc2ccccc2[nH]1)c1cc2ccccc2[nH]1. The summed E-state index contributed by atoms with van der Waals surface area (Å²) in [6, 6.07) is 18.7. The van der Waals surface area contributed by atoms with Gasteiger partial charge in [0.15, 0.2) is 0 Å². The first kappa shape index (κ1) is 15.7. The molecular weight excluding hydrogens is 328 g/mol. The van der Waals surface area contributed by atoms with E-state index >= 15 is 0 Å². The number of fused-ring (bicyclic) bond motifs is 2. The average Bonchev–Trinajstić information content (AvgIpc) is 3.21. The maximum atomic E-state index is 12.2. The summed E-state index contributed by atoms with van der Waals surface area (Å²) in [6.07, 6.45) is 0. The van der Waals surface area contributed by atoms with Gasteiger partial charge in [-0.1, -0.05) is 36.4 Å². The van der Waals surface area contributed by atoms with E-state index in [1.54, 1.807) is 12.1 Å². The molecular formula is C20H16N4O2. The molecule has 2 aromatic heterocycles. The Morgan fingerprint density at radius 3 is 1.38 bits per heavy atom. The molecule has 0 aliphatic rings. The van der Waals surface area contributed by atoms with Crippen LogP contribution in [-0.2, 0) is 9.59 Å². The van der Waals surface area contributed by atoms with Crippen molar-refractivity contribution in [3.05, 3.63) is 72.1 Å². The van der Waals surface area contributed by atoms with Crippen molar-refractivity contribution in [3.8, 4) is 0 Å². The highest BCUT2D eigenvalue weighted by Gasteiger charge is 2.23. The molecule has 6 heteroatoms. The van der Waals surface area contributed by atoms with Crippen molar-refractivity contribution in [2.24, 2.45) is 11.5 Å². The van der Waals surface area contributed by atoms with Crippen molar-refractivity contribution in [2.45, 2.75) is 0 Å². The van der Waals surface area contributed by atoms with Gasteiger partial charge in [-0.2, -0.15) is 0 Å². The number of aromatic nitrogens is 2. The zero-order valence-electron chi connectivity index (χ0n) is 13.7. The van der Waals surface area contributed by atoms with Crippen LogP contribution in [0.4, 0.5) is 0 Å². The molecule has 0 spiro atoms. The molecule has 0 unspecified atom stereocenters. The smallest absolute Gasteiger partial charge is 0.251 e. The van der Waals surface area contributed by atoms with E-state index in [4.69, 9.17) is 11.5 Å². The number of carbonyl (C=O) groups is 2. The number of hydrogen-bond acceptors (Lipinski definition) is 2. The van der Waals surface area contributed by atoms with Gasteiger partial charge in [-0.15, -0.1) is 0 Å². The first-order valence-corrected chi connectivity index (χ1v) is 8.04. The normalized spacial score (nSPS) is 12.3. The first-order valence-electron chi connectivity index (χ1n) is 8.04. The molecule has 26 heavy (non-hydrogen) atoms. The van der Waals surface area contributed by atoms with Crippen LogP contribution >= 0.6 is 0 Å². The first-order chi connectivity index (χ1) is 12.5. The third-order valence-electron chi connectivity index (χ3n) is 4.34. The molecule has 0 atom stereocenters. The lowest BCUT2D eigenvalue weighted by atomic mass is 10.0. The zero-order valence-corrected chi connectivity index (χ0v) is 13.7. The fourth-order valence-corrected chi connectivity index (χ4v) is 3.20. The summed E-state index contributed by atoms with van der Waals surface area (Å²) in [6.45, 7) is 0. The highest BCUT2D eigenvalue weighted by molar-refractivity contribution is 6.39. The highest BCUT2D eigenvalue weighted by atomic mass is 16.2. The molecule has 0 saturated heterocycles. The molecule has 0 aliphatic heterocycles. The van der Waals surface area contributed by atoms with Gasteiger partial charge in [0.25, 0.3) is 11.8 Å². The van der Waals surface area contributed by atoms with Gasteiger partial charge in [0.1, 0.15) is 0 Å². The van der Waals surface area contributed by atoms with Crippen molar-refractivity contribution in [1.29, 1.82) is 0 Å². The Labute approximate surface area is 148 Å². The average molecular weight is 344 g/mol. The lowest BCUT2D eigenvalue weighted by Gasteiger charge is -2.08. The number of benzene rings is 2. The Kier molecular flexibility index (Phi) is 3.58. The zero-order chi connectivity index (χ0) is 18.3. The minimum atomic E-state index is -0.732. The van der Waals surface area contributed by atoms with E-state index in [1.165, 1.54) is 0 Å². The van der Waals surface area contributed by atoms with Gasteiger partial charge in [-0.3, -0.25) is 9.59 Å². The molecule has 0 radical (unpaired) electrons. The van der Waals surface area contributed by atoms with Crippen LogP contribution in [0.2, 0.25) is 0 Å². The molecule has 6 N–H and O–H groups in total. The summed E-state index contributed by atoms with van der Waals surface area (Å²) in [4.78, 5) is 30.7. The maximum absolute atomic E-state index is 12.2. The van der Waals surface area contributed by atoms with E-state index in [9.17, 15) is 9.59 Å². The van der Waals surface area contributed by atoms with Crippen LogP contribution in [0.1, 0.15) is 11.4 Å². The monoisotopic (exact) mass is 344 g/mol. The molecule has 0 bridgehead atoms.